The summed E-state index contributed by atoms with van der Waals surface area (Å²) in [5.74, 6) is 1.33. The molecule has 0 unspecified atom stereocenters. The van der Waals surface area contributed by atoms with Crippen LogP contribution in [0.25, 0.3) is 11.3 Å². The molecule has 2 atom stereocenters. The van der Waals surface area contributed by atoms with Gasteiger partial charge in [-0.15, -0.1) is 0 Å². The van der Waals surface area contributed by atoms with Gasteiger partial charge in [0.1, 0.15) is 17.6 Å². The van der Waals surface area contributed by atoms with E-state index in [1.54, 1.807) is 18.3 Å². The number of hydrogen-bond donors (Lipinski definition) is 1. The van der Waals surface area contributed by atoms with E-state index < -0.39 is 4.92 Å². The zero-order chi connectivity index (χ0) is 21.1. The number of nitrogens with zero attached hydrogens (tertiary/aromatic N) is 3. The highest BCUT2D eigenvalue weighted by Crippen LogP contribution is 2.40. The number of rotatable bonds is 7. The Morgan fingerprint density at radius 3 is 2.83 bits per heavy atom. The fraction of sp³-hybridized carbons (Fsp3) is 0.273. The summed E-state index contributed by atoms with van der Waals surface area (Å²) < 4.78 is 6.21. The third kappa shape index (κ3) is 3.91. The molecule has 0 saturated carbocycles. The molecule has 1 fully saturated rings. The van der Waals surface area contributed by atoms with Gasteiger partial charge in [0.15, 0.2) is 5.11 Å². The minimum absolute atomic E-state index is 0.0325. The fourth-order valence-corrected chi connectivity index (χ4v) is 4.06. The summed E-state index contributed by atoms with van der Waals surface area (Å²) in [4.78, 5) is 17.4. The van der Waals surface area contributed by atoms with E-state index >= 15 is 0 Å². The molecule has 0 amide bonds. The van der Waals surface area contributed by atoms with E-state index in [0.717, 1.165) is 30.8 Å². The molecule has 30 heavy (non-hydrogen) atoms. The SMILES string of the molecule is CCCCN1C(=S)N[C@H](c2ccccn2)[C@H]1c1ccc(-c2cccc([N+](=O)[O-])c2)o1. The highest BCUT2D eigenvalue weighted by molar-refractivity contribution is 7.80. The summed E-state index contributed by atoms with van der Waals surface area (Å²) in [7, 11) is 0. The van der Waals surface area contributed by atoms with Crippen LogP contribution in [0.15, 0.2) is 65.2 Å². The van der Waals surface area contributed by atoms with E-state index in [4.69, 9.17) is 16.6 Å². The maximum atomic E-state index is 11.1. The number of benzene rings is 1. The lowest BCUT2D eigenvalue weighted by molar-refractivity contribution is -0.384. The molecule has 1 aliphatic heterocycles. The first-order valence-corrected chi connectivity index (χ1v) is 10.3. The van der Waals surface area contributed by atoms with Gasteiger partial charge in [-0.25, -0.2) is 0 Å². The first kappa shape index (κ1) is 20.0. The number of unbranched alkanes of at least 4 members (excludes halogenated alkanes) is 1. The zero-order valence-corrected chi connectivity index (χ0v) is 17.3. The van der Waals surface area contributed by atoms with Crippen LogP contribution < -0.4 is 5.32 Å². The van der Waals surface area contributed by atoms with Gasteiger partial charge in [0, 0.05) is 30.4 Å². The number of nitrogens with one attached hydrogen (secondary N) is 1. The van der Waals surface area contributed by atoms with E-state index in [1.165, 1.54) is 12.1 Å². The molecule has 0 bridgehead atoms. The predicted octanol–water partition coefficient (Wildman–Crippen LogP) is 5.02. The van der Waals surface area contributed by atoms with Crippen molar-refractivity contribution in [2.75, 3.05) is 6.54 Å². The van der Waals surface area contributed by atoms with E-state index in [2.05, 4.69) is 22.1 Å². The molecule has 0 radical (unpaired) electrons. The van der Waals surface area contributed by atoms with Crippen molar-refractivity contribution < 1.29 is 9.34 Å². The van der Waals surface area contributed by atoms with Gasteiger partial charge in [-0.1, -0.05) is 31.5 Å². The Hall–Kier alpha value is -3.26. The molecule has 1 aliphatic rings. The fourth-order valence-electron chi connectivity index (χ4n) is 3.72. The maximum Gasteiger partial charge on any atom is 0.270 e. The summed E-state index contributed by atoms with van der Waals surface area (Å²) in [6, 6.07) is 15.7. The summed E-state index contributed by atoms with van der Waals surface area (Å²) in [6.45, 7) is 2.95. The van der Waals surface area contributed by atoms with Gasteiger partial charge in [0.2, 0.25) is 0 Å². The molecule has 4 rings (SSSR count). The Bertz CT molecular complexity index is 1050. The highest BCUT2D eigenvalue weighted by Gasteiger charge is 2.41. The van der Waals surface area contributed by atoms with Crippen molar-refractivity contribution in [2.24, 2.45) is 0 Å². The number of pyridine rings is 1. The lowest BCUT2D eigenvalue weighted by Gasteiger charge is -2.25. The summed E-state index contributed by atoms with van der Waals surface area (Å²) in [5, 5.41) is 15.2. The standard InChI is InChI=1S/C22H22N4O3S/c1-2-3-13-25-21(20(24-22(25)30)17-9-4-5-12-23-17)19-11-10-18(29-19)15-7-6-8-16(14-15)26(27)28/h4-12,14,20-21H,2-3,13H2,1H3,(H,24,30)/t20-,21-/m1/s1. The first-order valence-electron chi connectivity index (χ1n) is 9.91. The smallest absolute Gasteiger partial charge is 0.270 e. The number of non-ortho nitro benzene ring substituents is 1. The predicted molar refractivity (Wildman–Crippen MR) is 118 cm³/mol. The summed E-state index contributed by atoms with van der Waals surface area (Å²) >= 11 is 5.62. The van der Waals surface area contributed by atoms with E-state index in [-0.39, 0.29) is 17.8 Å². The molecule has 2 aromatic heterocycles. The van der Waals surface area contributed by atoms with Gasteiger partial charge < -0.3 is 14.6 Å². The highest BCUT2D eigenvalue weighted by atomic mass is 32.1. The number of aromatic nitrogens is 1. The molecule has 1 aromatic carbocycles. The van der Waals surface area contributed by atoms with Crippen LogP contribution in [0.2, 0.25) is 0 Å². The zero-order valence-electron chi connectivity index (χ0n) is 16.5. The minimum atomic E-state index is -0.406. The van der Waals surface area contributed by atoms with Crippen molar-refractivity contribution in [3.63, 3.8) is 0 Å². The van der Waals surface area contributed by atoms with Crippen LogP contribution in [0.5, 0.6) is 0 Å². The number of furan rings is 1. The number of nitro benzene ring substituents is 1. The van der Waals surface area contributed by atoms with Gasteiger partial charge >= 0.3 is 0 Å². The van der Waals surface area contributed by atoms with Crippen molar-refractivity contribution in [2.45, 2.75) is 31.8 Å². The third-order valence-electron chi connectivity index (χ3n) is 5.21. The lowest BCUT2D eigenvalue weighted by atomic mass is 10.0. The molecule has 154 valence electrons. The van der Waals surface area contributed by atoms with Gasteiger partial charge in [0.05, 0.1) is 16.7 Å². The van der Waals surface area contributed by atoms with Crippen LogP contribution in [0.4, 0.5) is 5.69 Å². The van der Waals surface area contributed by atoms with Gasteiger partial charge in [-0.2, -0.15) is 0 Å². The van der Waals surface area contributed by atoms with Crippen molar-refractivity contribution in [3.05, 3.63) is 82.4 Å². The number of nitro groups is 1. The van der Waals surface area contributed by atoms with Crippen molar-refractivity contribution >= 4 is 23.0 Å². The second-order valence-electron chi connectivity index (χ2n) is 7.18. The minimum Gasteiger partial charge on any atom is -0.459 e. The normalized spacial score (nSPS) is 18.4. The van der Waals surface area contributed by atoms with Crippen LogP contribution in [0.3, 0.4) is 0 Å². The largest absolute Gasteiger partial charge is 0.459 e. The number of thiocarbonyl (C=S) groups is 1. The van der Waals surface area contributed by atoms with Crippen molar-refractivity contribution in [1.29, 1.82) is 0 Å². The average molecular weight is 423 g/mol. The van der Waals surface area contributed by atoms with Crippen LogP contribution in [0, 0.1) is 10.1 Å². The van der Waals surface area contributed by atoms with Gasteiger partial charge in [-0.05, 0) is 42.9 Å². The van der Waals surface area contributed by atoms with E-state index in [0.29, 0.717) is 16.4 Å². The topological polar surface area (TPSA) is 84.4 Å². The molecule has 1 saturated heterocycles. The van der Waals surface area contributed by atoms with Crippen LogP contribution in [0.1, 0.15) is 43.3 Å². The number of hydrogen-bond acceptors (Lipinski definition) is 5. The van der Waals surface area contributed by atoms with E-state index in [1.807, 2.05) is 30.3 Å². The molecule has 0 aliphatic carbocycles. The van der Waals surface area contributed by atoms with Crippen LogP contribution >= 0.6 is 12.2 Å². The average Bonchev–Trinajstić information content (AvgIpc) is 3.37. The Balaban J connectivity index is 1.71. The molecule has 8 heteroatoms. The molecule has 1 N–H and O–H groups in total. The quantitative estimate of drug-likeness (QED) is 0.325. The van der Waals surface area contributed by atoms with E-state index in [9.17, 15) is 10.1 Å². The van der Waals surface area contributed by atoms with Crippen LogP contribution in [-0.4, -0.2) is 26.5 Å². The molecule has 3 heterocycles. The lowest BCUT2D eigenvalue weighted by Crippen LogP contribution is -2.30. The second-order valence-corrected chi connectivity index (χ2v) is 7.57. The summed E-state index contributed by atoms with van der Waals surface area (Å²) in [5.41, 5.74) is 1.58. The van der Waals surface area contributed by atoms with Crippen molar-refractivity contribution in [3.8, 4) is 11.3 Å². The first-order chi connectivity index (χ1) is 14.6. The summed E-state index contributed by atoms with van der Waals surface area (Å²) in [6.07, 6.45) is 3.82. The molecule has 3 aromatic rings. The Morgan fingerprint density at radius 1 is 1.23 bits per heavy atom. The third-order valence-corrected chi connectivity index (χ3v) is 5.56. The molecule has 7 nitrogen and oxygen atoms in total. The second kappa shape index (κ2) is 8.62. The van der Waals surface area contributed by atoms with Gasteiger partial charge in [-0.3, -0.25) is 15.1 Å². The van der Waals surface area contributed by atoms with Crippen LogP contribution in [-0.2, 0) is 0 Å². The molecular formula is C22H22N4O3S. The van der Waals surface area contributed by atoms with Gasteiger partial charge in [0.25, 0.3) is 5.69 Å². The molecular weight excluding hydrogens is 400 g/mol. The Morgan fingerprint density at radius 2 is 2.10 bits per heavy atom. The monoisotopic (exact) mass is 422 g/mol. The van der Waals surface area contributed by atoms with Crippen molar-refractivity contribution in [1.82, 2.24) is 15.2 Å². The maximum absolute atomic E-state index is 11.1. The molecule has 0 spiro atoms. The Kier molecular flexibility index (Phi) is 5.76. The Labute approximate surface area is 179 Å².